The summed E-state index contributed by atoms with van der Waals surface area (Å²) in [5, 5.41) is 2.89. The molecule has 0 unspecified atom stereocenters. The lowest BCUT2D eigenvalue weighted by Gasteiger charge is -2.11. The Morgan fingerprint density at radius 1 is 1.11 bits per heavy atom. The molecule has 0 aliphatic carbocycles. The molecule has 27 heavy (non-hydrogen) atoms. The van der Waals surface area contributed by atoms with Gasteiger partial charge in [-0.1, -0.05) is 18.2 Å². The van der Waals surface area contributed by atoms with Crippen molar-refractivity contribution in [2.45, 2.75) is 18.4 Å². The number of hydrogen-bond donors (Lipinski definition) is 2. The predicted molar refractivity (Wildman–Crippen MR) is 104 cm³/mol. The fraction of sp³-hybridized carbons (Fsp3) is 0.158. The van der Waals surface area contributed by atoms with Gasteiger partial charge in [0, 0.05) is 23.6 Å². The zero-order chi connectivity index (χ0) is 19.4. The average Bonchev–Trinajstić information content (AvgIpc) is 3.11. The number of carbonyl (C=O) groups is 1. The van der Waals surface area contributed by atoms with Gasteiger partial charge in [-0.2, -0.15) is 0 Å². The number of hydrogen-bond acceptors (Lipinski definition) is 4. The van der Waals surface area contributed by atoms with Crippen LogP contribution >= 0.6 is 0 Å². The Balaban J connectivity index is 1.78. The highest BCUT2D eigenvalue weighted by Crippen LogP contribution is 2.20. The van der Waals surface area contributed by atoms with Crippen molar-refractivity contribution in [2.24, 2.45) is 0 Å². The van der Waals surface area contributed by atoms with E-state index in [1.807, 2.05) is 31.2 Å². The minimum atomic E-state index is -3.49. The fourth-order valence-corrected chi connectivity index (χ4v) is 3.39. The number of nitrogens with one attached hydrogen (secondary N) is 2. The van der Waals surface area contributed by atoms with Gasteiger partial charge in [-0.05, 0) is 49.9 Å². The molecule has 1 heterocycles. The Morgan fingerprint density at radius 2 is 1.81 bits per heavy atom. The fourth-order valence-electron chi connectivity index (χ4n) is 2.66. The number of carbonyl (C=O) groups excluding carboxylic acids is 1. The van der Waals surface area contributed by atoms with Crippen LogP contribution in [0.4, 0.5) is 5.69 Å². The topological polar surface area (TPSA) is 93.1 Å². The van der Waals surface area contributed by atoms with Crippen LogP contribution < -0.4 is 10.0 Å². The summed E-state index contributed by atoms with van der Waals surface area (Å²) in [4.78, 5) is 16.9. The summed E-state index contributed by atoms with van der Waals surface area (Å²) < 4.78 is 27.6. The number of anilines is 1. The van der Waals surface area contributed by atoms with Gasteiger partial charge in [0.2, 0.25) is 15.9 Å². The van der Waals surface area contributed by atoms with Gasteiger partial charge < -0.3 is 9.88 Å². The first-order valence-corrected chi connectivity index (χ1v) is 9.79. The van der Waals surface area contributed by atoms with Crippen LogP contribution in [0.5, 0.6) is 0 Å². The van der Waals surface area contributed by atoms with E-state index in [4.69, 9.17) is 0 Å². The van der Waals surface area contributed by atoms with Crippen LogP contribution in [0.2, 0.25) is 0 Å². The second-order valence-corrected chi connectivity index (χ2v) is 7.86. The molecule has 0 fully saturated rings. The van der Waals surface area contributed by atoms with Crippen LogP contribution in [-0.2, 0) is 21.4 Å². The molecule has 0 bridgehead atoms. The maximum absolute atomic E-state index is 12.4. The molecule has 1 aromatic heterocycles. The van der Waals surface area contributed by atoms with Crippen molar-refractivity contribution in [1.82, 2.24) is 14.3 Å². The van der Waals surface area contributed by atoms with Crippen molar-refractivity contribution in [3.05, 3.63) is 66.5 Å². The number of sulfonamides is 1. The van der Waals surface area contributed by atoms with Crippen molar-refractivity contribution >= 4 is 21.6 Å². The standard InChI is InChI=1S/C19H20N4O3S/c1-14-5-3-4-6-17(14)22-18(24)13-23-12-11-21-19(23)15-7-9-16(10-8-15)27(25,26)20-2/h3-12,20H,13H2,1-2H3,(H,22,24). The number of benzene rings is 2. The molecular formula is C19H20N4O3S. The molecule has 0 atom stereocenters. The van der Waals surface area contributed by atoms with E-state index in [1.54, 1.807) is 29.1 Å². The van der Waals surface area contributed by atoms with Crippen molar-refractivity contribution in [1.29, 1.82) is 0 Å². The molecule has 2 N–H and O–H groups in total. The number of amides is 1. The molecule has 2 aromatic carbocycles. The molecule has 140 valence electrons. The summed E-state index contributed by atoms with van der Waals surface area (Å²) >= 11 is 0. The van der Waals surface area contributed by atoms with E-state index in [9.17, 15) is 13.2 Å². The van der Waals surface area contributed by atoms with Crippen molar-refractivity contribution in [2.75, 3.05) is 12.4 Å². The van der Waals surface area contributed by atoms with Gasteiger partial charge in [0.1, 0.15) is 12.4 Å². The normalized spacial score (nSPS) is 11.3. The number of aromatic nitrogens is 2. The first kappa shape index (κ1) is 18.8. The van der Waals surface area contributed by atoms with Gasteiger partial charge >= 0.3 is 0 Å². The van der Waals surface area contributed by atoms with Crippen LogP contribution in [0.15, 0.2) is 65.8 Å². The van der Waals surface area contributed by atoms with Crippen LogP contribution in [-0.4, -0.2) is 30.9 Å². The average molecular weight is 384 g/mol. The molecule has 1 amide bonds. The van der Waals surface area contributed by atoms with E-state index >= 15 is 0 Å². The molecule has 0 aliphatic heterocycles. The summed E-state index contributed by atoms with van der Waals surface area (Å²) in [6.07, 6.45) is 3.32. The Hall–Kier alpha value is -2.97. The van der Waals surface area contributed by atoms with Crippen LogP contribution in [0.1, 0.15) is 5.56 Å². The molecule has 3 rings (SSSR count). The number of aryl methyl sites for hydroxylation is 1. The Labute approximate surface area is 158 Å². The zero-order valence-corrected chi connectivity index (χ0v) is 15.8. The van der Waals surface area contributed by atoms with Crippen molar-refractivity contribution in [3.63, 3.8) is 0 Å². The number of nitrogens with zero attached hydrogens (tertiary/aromatic N) is 2. The monoisotopic (exact) mass is 384 g/mol. The lowest BCUT2D eigenvalue weighted by atomic mass is 10.2. The highest BCUT2D eigenvalue weighted by atomic mass is 32.2. The number of rotatable bonds is 6. The Kier molecular flexibility index (Phi) is 5.38. The van der Waals surface area contributed by atoms with Crippen molar-refractivity contribution < 1.29 is 13.2 Å². The van der Waals surface area contributed by atoms with E-state index < -0.39 is 10.0 Å². The van der Waals surface area contributed by atoms with Crippen LogP contribution in [0, 0.1) is 6.92 Å². The van der Waals surface area contributed by atoms with Gasteiger partial charge in [-0.25, -0.2) is 18.1 Å². The smallest absolute Gasteiger partial charge is 0.244 e. The van der Waals surface area contributed by atoms with E-state index in [1.165, 1.54) is 19.2 Å². The van der Waals surface area contributed by atoms with Gasteiger partial charge in [0.05, 0.1) is 4.90 Å². The Morgan fingerprint density at radius 3 is 2.48 bits per heavy atom. The van der Waals surface area contributed by atoms with E-state index in [-0.39, 0.29) is 17.3 Å². The molecule has 0 aliphatic rings. The summed E-state index contributed by atoms with van der Waals surface area (Å²) in [5.74, 6) is 0.418. The molecule has 3 aromatic rings. The SMILES string of the molecule is CNS(=O)(=O)c1ccc(-c2nccn2CC(=O)Nc2ccccc2C)cc1. The minimum absolute atomic E-state index is 0.0975. The molecule has 0 radical (unpaired) electrons. The number of para-hydroxylation sites is 1. The first-order valence-electron chi connectivity index (χ1n) is 8.31. The predicted octanol–water partition coefficient (Wildman–Crippen LogP) is 2.41. The third kappa shape index (κ3) is 4.24. The van der Waals surface area contributed by atoms with E-state index in [0.717, 1.165) is 16.8 Å². The number of imidazole rings is 1. The third-order valence-electron chi connectivity index (χ3n) is 4.14. The maximum atomic E-state index is 12.4. The molecule has 0 saturated carbocycles. The zero-order valence-electron chi connectivity index (χ0n) is 15.0. The summed E-state index contributed by atoms with van der Waals surface area (Å²) in [6.45, 7) is 2.03. The minimum Gasteiger partial charge on any atom is -0.324 e. The molecule has 0 saturated heterocycles. The van der Waals surface area contributed by atoms with Gasteiger partial charge in [0.25, 0.3) is 0 Å². The van der Waals surface area contributed by atoms with Gasteiger partial charge in [-0.3, -0.25) is 4.79 Å². The summed E-state index contributed by atoms with van der Waals surface area (Å²) in [5.41, 5.74) is 2.47. The molecule has 0 spiro atoms. The maximum Gasteiger partial charge on any atom is 0.244 e. The first-order chi connectivity index (χ1) is 12.9. The van der Waals surface area contributed by atoms with Crippen LogP contribution in [0.25, 0.3) is 11.4 Å². The van der Waals surface area contributed by atoms with Gasteiger partial charge in [0.15, 0.2) is 0 Å². The summed E-state index contributed by atoms with van der Waals surface area (Å²) in [7, 11) is -2.13. The Bertz CT molecular complexity index is 1060. The summed E-state index contributed by atoms with van der Waals surface area (Å²) in [6, 6.07) is 13.9. The second kappa shape index (κ2) is 7.73. The quantitative estimate of drug-likeness (QED) is 0.682. The highest BCUT2D eigenvalue weighted by Gasteiger charge is 2.14. The van der Waals surface area contributed by atoms with Crippen molar-refractivity contribution in [3.8, 4) is 11.4 Å². The molecular weight excluding hydrogens is 364 g/mol. The largest absolute Gasteiger partial charge is 0.324 e. The highest BCUT2D eigenvalue weighted by molar-refractivity contribution is 7.89. The van der Waals surface area contributed by atoms with E-state index in [0.29, 0.717) is 5.82 Å². The van der Waals surface area contributed by atoms with Crippen LogP contribution in [0.3, 0.4) is 0 Å². The molecule has 7 nitrogen and oxygen atoms in total. The molecule has 8 heteroatoms. The lowest BCUT2D eigenvalue weighted by Crippen LogP contribution is -2.19. The lowest BCUT2D eigenvalue weighted by molar-refractivity contribution is -0.116. The second-order valence-electron chi connectivity index (χ2n) is 5.97. The van der Waals surface area contributed by atoms with E-state index in [2.05, 4.69) is 15.0 Å². The van der Waals surface area contributed by atoms with Gasteiger partial charge in [-0.15, -0.1) is 0 Å². The third-order valence-corrected chi connectivity index (χ3v) is 5.57.